The van der Waals surface area contributed by atoms with Crippen molar-refractivity contribution in [1.29, 1.82) is 0 Å². The molecule has 1 aromatic carbocycles. The minimum atomic E-state index is 0.0427. The van der Waals surface area contributed by atoms with Gasteiger partial charge in [-0.15, -0.1) is 0 Å². The van der Waals surface area contributed by atoms with Crippen molar-refractivity contribution >= 4 is 0 Å². The average Bonchev–Trinajstić information content (AvgIpc) is 2.30. The number of nitrogens with two attached hydrogens (primary N) is 1. The molecule has 0 saturated heterocycles. The SMILES string of the molecule is CCOC(C(C)C)C(NN)c1ccccc1. The Kier molecular flexibility index (Phi) is 5.46. The molecule has 0 spiro atoms. The van der Waals surface area contributed by atoms with Crippen LogP contribution >= 0.6 is 0 Å². The van der Waals surface area contributed by atoms with Gasteiger partial charge in [-0.25, -0.2) is 0 Å². The highest BCUT2D eigenvalue weighted by Gasteiger charge is 2.25. The quantitative estimate of drug-likeness (QED) is 0.573. The molecule has 16 heavy (non-hydrogen) atoms. The van der Waals surface area contributed by atoms with Crippen LogP contribution in [0.4, 0.5) is 0 Å². The number of hydrogen-bond acceptors (Lipinski definition) is 3. The van der Waals surface area contributed by atoms with Crippen molar-refractivity contribution in [1.82, 2.24) is 5.43 Å². The molecule has 0 amide bonds. The van der Waals surface area contributed by atoms with Crippen molar-refractivity contribution < 1.29 is 4.74 Å². The largest absolute Gasteiger partial charge is 0.376 e. The minimum absolute atomic E-state index is 0.0427. The first-order valence-electron chi connectivity index (χ1n) is 5.83. The molecule has 2 atom stereocenters. The van der Waals surface area contributed by atoms with Crippen LogP contribution in [0.1, 0.15) is 32.4 Å². The van der Waals surface area contributed by atoms with Gasteiger partial charge in [0.1, 0.15) is 0 Å². The molecule has 0 aromatic heterocycles. The van der Waals surface area contributed by atoms with Crippen LogP contribution in [0.25, 0.3) is 0 Å². The maximum absolute atomic E-state index is 5.77. The van der Waals surface area contributed by atoms with Crippen molar-refractivity contribution in [2.24, 2.45) is 11.8 Å². The number of benzene rings is 1. The Bertz CT molecular complexity index is 287. The molecule has 0 fully saturated rings. The smallest absolute Gasteiger partial charge is 0.0805 e. The molecular weight excluding hydrogens is 200 g/mol. The van der Waals surface area contributed by atoms with Gasteiger partial charge in [-0.2, -0.15) is 0 Å². The van der Waals surface area contributed by atoms with Crippen molar-refractivity contribution in [3.05, 3.63) is 35.9 Å². The standard InChI is InChI=1S/C13H22N2O/c1-4-16-13(10(2)3)12(15-14)11-8-6-5-7-9-11/h5-10,12-13,15H,4,14H2,1-3H3. The lowest BCUT2D eigenvalue weighted by Gasteiger charge is -2.29. The molecule has 0 bridgehead atoms. The van der Waals surface area contributed by atoms with Crippen LogP contribution < -0.4 is 11.3 Å². The first kappa shape index (κ1) is 13.2. The van der Waals surface area contributed by atoms with Crippen LogP contribution in [0, 0.1) is 5.92 Å². The fraction of sp³-hybridized carbons (Fsp3) is 0.538. The van der Waals surface area contributed by atoms with Crippen molar-refractivity contribution in [3.63, 3.8) is 0 Å². The molecule has 2 unspecified atom stereocenters. The van der Waals surface area contributed by atoms with E-state index in [-0.39, 0.29) is 12.1 Å². The summed E-state index contributed by atoms with van der Waals surface area (Å²) in [4.78, 5) is 0. The van der Waals surface area contributed by atoms with Gasteiger partial charge in [0.2, 0.25) is 0 Å². The Morgan fingerprint density at radius 3 is 2.31 bits per heavy atom. The molecule has 1 aromatic rings. The van der Waals surface area contributed by atoms with Crippen molar-refractivity contribution in [2.75, 3.05) is 6.61 Å². The van der Waals surface area contributed by atoms with Crippen LogP contribution in [-0.2, 0) is 4.74 Å². The maximum Gasteiger partial charge on any atom is 0.0805 e. The Hall–Kier alpha value is -0.900. The van der Waals surface area contributed by atoms with E-state index in [0.717, 1.165) is 5.56 Å². The zero-order valence-corrected chi connectivity index (χ0v) is 10.3. The summed E-state index contributed by atoms with van der Waals surface area (Å²) in [6, 6.07) is 10.2. The fourth-order valence-electron chi connectivity index (χ4n) is 1.91. The van der Waals surface area contributed by atoms with Gasteiger partial charge < -0.3 is 4.74 Å². The van der Waals surface area contributed by atoms with Crippen molar-refractivity contribution in [3.8, 4) is 0 Å². The first-order valence-corrected chi connectivity index (χ1v) is 5.83. The van der Waals surface area contributed by atoms with Gasteiger partial charge in [0, 0.05) is 6.61 Å². The summed E-state index contributed by atoms with van der Waals surface area (Å²) in [6.45, 7) is 7.00. The van der Waals surface area contributed by atoms with E-state index in [9.17, 15) is 0 Å². The third-order valence-corrected chi connectivity index (χ3v) is 2.68. The lowest BCUT2D eigenvalue weighted by atomic mass is 9.94. The van der Waals surface area contributed by atoms with Gasteiger partial charge in [-0.1, -0.05) is 44.2 Å². The van der Waals surface area contributed by atoms with Gasteiger partial charge in [0.15, 0.2) is 0 Å². The average molecular weight is 222 g/mol. The molecule has 3 heteroatoms. The summed E-state index contributed by atoms with van der Waals surface area (Å²) in [5.74, 6) is 6.06. The number of ether oxygens (including phenoxy) is 1. The summed E-state index contributed by atoms with van der Waals surface area (Å²) in [7, 11) is 0. The molecular formula is C13H22N2O. The van der Waals surface area contributed by atoms with E-state index >= 15 is 0 Å². The molecule has 90 valence electrons. The number of hydrogen-bond donors (Lipinski definition) is 2. The molecule has 3 N–H and O–H groups in total. The molecule has 0 aliphatic heterocycles. The molecule has 0 aliphatic carbocycles. The van der Waals surface area contributed by atoms with E-state index in [0.29, 0.717) is 12.5 Å². The van der Waals surface area contributed by atoms with E-state index in [1.54, 1.807) is 0 Å². The third-order valence-electron chi connectivity index (χ3n) is 2.68. The third kappa shape index (κ3) is 3.30. The number of hydrazine groups is 1. The number of nitrogens with one attached hydrogen (secondary N) is 1. The Balaban J connectivity index is 2.86. The Morgan fingerprint density at radius 1 is 1.25 bits per heavy atom. The van der Waals surface area contributed by atoms with E-state index < -0.39 is 0 Å². The highest BCUT2D eigenvalue weighted by atomic mass is 16.5. The first-order chi connectivity index (χ1) is 7.70. The van der Waals surface area contributed by atoms with Crippen LogP contribution in [0.3, 0.4) is 0 Å². The van der Waals surface area contributed by atoms with Gasteiger partial charge in [0.05, 0.1) is 12.1 Å². The zero-order chi connectivity index (χ0) is 12.0. The summed E-state index contributed by atoms with van der Waals surface area (Å²) < 4.78 is 5.77. The van der Waals surface area contributed by atoms with E-state index in [1.807, 2.05) is 25.1 Å². The normalized spacial score (nSPS) is 15.1. The predicted molar refractivity (Wildman–Crippen MR) is 66.8 cm³/mol. The summed E-state index contributed by atoms with van der Waals surface area (Å²) in [6.07, 6.45) is 0.0948. The van der Waals surface area contributed by atoms with Gasteiger partial charge in [-0.3, -0.25) is 11.3 Å². The Labute approximate surface area is 98.0 Å². The van der Waals surface area contributed by atoms with Crippen LogP contribution in [-0.4, -0.2) is 12.7 Å². The Morgan fingerprint density at radius 2 is 1.88 bits per heavy atom. The molecule has 3 nitrogen and oxygen atoms in total. The molecule has 1 rings (SSSR count). The van der Waals surface area contributed by atoms with E-state index in [2.05, 4.69) is 31.4 Å². The highest BCUT2D eigenvalue weighted by Crippen LogP contribution is 2.23. The second-order valence-corrected chi connectivity index (χ2v) is 4.22. The maximum atomic E-state index is 5.77. The molecule has 0 radical (unpaired) electrons. The monoisotopic (exact) mass is 222 g/mol. The second kappa shape index (κ2) is 6.63. The lowest BCUT2D eigenvalue weighted by molar-refractivity contribution is 0.00277. The van der Waals surface area contributed by atoms with Gasteiger partial charge >= 0.3 is 0 Å². The van der Waals surface area contributed by atoms with Crippen molar-refractivity contribution in [2.45, 2.75) is 32.9 Å². The van der Waals surface area contributed by atoms with Crippen LogP contribution in [0.5, 0.6) is 0 Å². The second-order valence-electron chi connectivity index (χ2n) is 4.22. The number of rotatable bonds is 6. The molecule has 0 heterocycles. The lowest BCUT2D eigenvalue weighted by Crippen LogP contribution is -2.40. The fourth-order valence-corrected chi connectivity index (χ4v) is 1.91. The topological polar surface area (TPSA) is 47.3 Å². The summed E-state index contributed by atoms with van der Waals surface area (Å²) in [5, 5.41) is 0. The van der Waals surface area contributed by atoms with Gasteiger partial charge in [0.25, 0.3) is 0 Å². The molecule has 0 aliphatic rings. The minimum Gasteiger partial charge on any atom is -0.376 e. The summed E-state index contributed by atoms with van der Waals surface area (Å²) >= 11 is 0. The predicted octanol–water partition coefficient (Wildman–Crippen LogP) is 2.25. The summed E-state index contributed by atoms with van der Waals surface area (Å²) in [5.41, 5.74) is 4.02. The van der Waals surface area contributed by atoms with Gasteiger partial charge in [-0.05, 0) is 18.4 Å². The van der Waals surface area contributed by atoms with E-state index in [4.69, 9.17) is 10.6 Å². The van der Waals surface area contributed by atoms with Crippen LogP contribution in [0.15, 0.2) is 30.3 Å². The highest BCUT2D eigenvalue weighted by molar-refractivity contribution is 5.20. The van der Waals surface area contributed by atoms with E-state index in [1.165, 1.54) is 0 Å². The zero-order valence-electron chi connectivity index (χ0n) is 10.3. The molecule has 0 saturated carbocycles. The van der Waals surface area contributed by atoms with Crippen LogP contribution in [0.2, 0.25) is 0 Å².